The van der Waals surface area contributed by atoms with Gasteiger partial charge in [0.05, 0.1) is 11.3 Å². The van der Waals surface area contributed by atoms with Crippen molar-refractivity contribution in [2.75, 3.05) is 5.32 Å². The second kappa shape index (κ2) is 8.56. The summed E-state index contributed by atoms with van der Waals surface area (Å²) in [5, 5.41) is 13.1. The highest BCUT2D eigenvalue weighted by atomic mass is 127. The average Bonchev–Trinajstić information content (AvgIpc) is 2.45. The number of ether oxygens (including phenoxy) is 1. The molecule has 0 aliphatic rings. The van der Waals surface area contributed by atoms with Crippen LogP contribution in [-0.4, -0.2) is 29.9 Å². The Morgan fingerprint density at radius 1 is 1.24 bits per heavy atom. The number of carbonyl (C=O) groups is 3. The van der Waals surface area contributed by atoms with Crippen molar-refractivity contribution >= 4 is 68.7 Å². The molecule has 1 amide bonds. The smallest absolute Gasteiger partial charge is 0.340 e. The summed E-state index contributed by atoms with van der Waals surface area (Å²) in [4.78, 5) is 34.4. The van der Waals surface area contributed by atoms with Crippen molar-refractivity contribution in [3.8, 4) is 0 Å². The van der Waals surface area contributed by atoms with Crippen LogP contribution in [0.4, 0.5) is 14.5 Å². The number of anilines is 1. The second-order valence-electron chi connectivity index (χ2n) is 5.47. The van der Waals surface area contributed by atoms with Gasteiger partial charge in [0.25, 0.3) is 0 Å². The molecule has 0 aromatic heterocycles. The summed E-state index contributed by atoms with van der Waals surface area (Å²) in [7, 11) is 0. The maximum Gasteiger partial charge on any atom is 0.340 e. The van der Waals surface area contributed by atoms with E-state index >= 15 is 0 Å². The summed E-state index contributed by atoms with van der Waals surface area (Å²) < 4.78 is 33.5. The van der Waals surface area contributed by atoms with E-state index in [1.807, 2.05) is 45.2 Å². The van der Waals surface area contributed by atoms with Crippen molar-refractivity contribution < 1.29 is 33.0 Å². The van der Waals surface area contributed by atoms with Crippen LogP contribution in [0, 0.1) is 13.1 Å². The topological polar surface area (TPSA) is 95.5 Å². The minimum atomic E-state index is -4.35. The van der Waals surface area contributed by atoms with Gasteiger partial charge in [-0.3, -0.25) is 4.79 Å². The molecule has 25 heavy (non-hydrogen) atoms. The third-order valence-electron chi connectivity index (χ3n) is 3.04. The highest BCUT2D eigenvalue weighted by Gasteiger charge is 2.46. The summed E-state index contributed by atoms with van der Waals surface area (Å²) in [5.41, 5.74) is -0.0379. The molecule has 1 unspecified atom stereocenters. The average molecular weight is 580 g/mol. The molecule has 1 aromatic carbocycles. The van der Waals surface area contributed by atoms with Gasteiger partial charge < -0.3 is 20.0 Å². The second-order valence-corrected chi connectivity index (χ2v) is 7.88. The van der Waals surface area contributed by atoms with E-state index in [4.69, 9.17) is 4.74 Å². The Morgan fingerprint density at radius 3 is 2.24 bits per heavy atom. The lowest BCUT2D eigenvalue weighted by Gasteiger charge is -2.30. The molecule has 0 radical (unpaired) electrons. The molecule has 138 valence electrons. The predicted octanol–water partition coefficient (Wildman–Crippen LogP) is 2.42. The van der Waals surface area contributed by atoms with Crippen molar-refractivity contribution in [2.24, 2.45) is 5.92 Å². The van der Waals surface area contributed by atoms with Gasteiger partial charge in [-0.1, -0.05) is 13.8 Å². The van der Waals surface area contributed by atoms with Gasteiger partial charge in [0.15, 0.2) is 6.10 Å². The third kappa shape index (κ3) is 5.46. The Kier molecular flexibility index (Phi) is 7.53. The number of benzene rings is 1. The summed E-state index contributed by atoms with van der Waals surface area (Å²) >= 11 is 3.78. The van der Waals surface area contributed by atoms with Gasteiger partial charge >= 0.3 is 11.9 Å². The highest BCUT2D eigenvalue weighted by molar-refractivity contribution is 14.1. The van der Waals surface area contributed by atoms with Crippen LogP contribution in [0.25, 0.3) is 0 Å². The number of carbonyl (C=O) groups excluding carboxylic acids is 3. The Bertz CT molecular complexity index is 709. The lowest BCUT2D eigenvalue weighted by atomic mass is 10.0. The summed E-state index contributed by atoms with van der Waals surface area (Å²) in [6.45, 7) is 3.81. The molecule has 0 heterocycles. The van der Waals surface area contributed by atoms with E-state index in [9.17, 15) is 28.3 Å². The van der Waals surface area contributed by atoms with Gasteiger partial charge in [-0.2, -0.15) is 8.78 Å². The van der Waals surface area contributed by atoms with Crippen molar-refractivity contribution in [1.29, 1.82) is 0 Å². The fourth-order valence-electron chi connectivity index (χ4n) is 1.96. The van der Waals surface area contributed by atoms with Crippen LogP contribution in [0.2, 0.25) is 0 Å². The molecule has 1 aromatic rings. The number of halogens is 4. The van der Waals surface area contributed by atoms with Crippen LogP contribution in [-0.2, 0) is 14.3 Å². The number of nitrogens with one attached hydrogen (secondary N) is 1. The minimum Gasteiger partial charge on any atom is -0.544 e. The highest BCUT2D eigenvalue weighted by Crippen LogP contribution is 2.31. The van der Waals surface area contributed by atoms with E-state index in [1.165, 1.54) is 26.8 Å². The van der Waals surface area contributed by atoms with Crippen LogP contribution in [0.1, 0.15) is 31.1 Å². The Labute approximate surface area is 170 Å². The predicted molar refractivity (Wildman–Crippen MR) is 100 cm³/mol. The molecule has 0 aliphatic carbocycles. The number of carboxylic acid groups (broad SMARTS) is 1. The molecular weight excluding hydrogens is 566 g/mol. The molecule has 0 saturated heterocycles. The van der Waals surface area contributed by atoms with Crippen LogP contribution >= 0.6 is 45.2 Å². The molecular formula is C15H14F2I2NO5-. The van der Waals surface area contributed by atoms with E-state index in [0.29, 0.717) is 7.14 Å². The standard InChI is InChI=1S/C15H15F2I2NO5/c1-6(2)12(15(16,17)14(23)24)25-13(22)9-4-8(18)5-10(19)11(9)20-7(3)21/h4-6,12H,1-3H3,(H,20,21)(H,23,24)/p-1. The number of aliphatic carboxylic acids is 1. The lowest BCUT2D eigenvalue weighted by Crippen LogP contribution is -2.53. The summed E-state index contributed by atoms with van der Waals surface area (Å²) in [5.74, 6) is -9.60. The first-order chi connectivity index (χ1) is 11.4. The molecule has 10 heteroatoms. The van der Waals surface area contributed by atoms with Crippen LogP contribution < -0.4 is 10.4 Å². The van der Waals surface area contributed by atoms with Gasteiger partial charge in [-0.25, -0.2) is 4.79 Å². The van der Waals surface area contributed by atoms with Crippen molar-refractivity contribution in [3.63, 3.8) is 0 Å². The number of esters is 1. The molecule has 0 aliphatic heterocycles. The van der Waals surface area contributed by atoms with E-state index in [2.05, 4.69) is 5.32 Å². The number of hydrogen-bond donors (Lipinski definition) is 1. The van der Waals surface area contributed by atoms with Gasteiger partial charge in [0.1, 0.15) is 5.97 Å². The fourth-order valence-corrected chi connectivity index (χ4v) is 3.94. The van der Waals surface area contributed by atoms with Crippen molar-refractivity contribution in [2.45, 2.75) is 32.8 Å². The Balaban J connectivity index is 3.30. The number of hydrogen-bond acceptors (Lipinski definition) is 5. The zero-order chi connectivity index (χ0) is 19.5. The van der Waals surface area contributed by atoms with Crippen molar-refractivity contribution in [1.82, 2.24) is 0 Å². The molecule has 1 N–H and O–H groups in total. The minimum absolute atomic E-state index is 0.109. The van der Waals surface area contributed by atoms with E-state index in [0.717, 1.165) is 0 Å². The zero-order valence-corrected chi connectivity index (χ0v) is 17.7. The Hall–Kier alpha value is -1.05. The molecule has 0 fully saturated rings. The molecule has 0 spiro atoms. The van der Waals surface area contributed by atoms with E-state index in [-0.39, 0.29) is 11.3 Å². The SMILES string of the molecule is CC(=O)Nc1c(I)cc(I)cc1C(=O)OC(C(C)C)C(F)(F)C(=O)[O-]. The molecule has 6 nitrogen and oxygen atoms in total. The van der Waals surface area contributed by atoms with Crippen LogP contribution in [0.15, 0.2) is 12.1 Å². The molecule has 0 saturated carbocycles. The first kappa shape index (κ1) is 22.0. The van der Waals surface area contributed by atoms with Gasteiger partial charge in [-0.15, -0.1) is 0 Å². The number of amides is 1. The van der Waals surface area contributed by atoms with E-state index < -0.39 is 35.8 Å². The summed E-state index contributed by atoms with van der Waals surface area (Å²) in [6, 6.07) is 3.02. The molecule has 1 atom stereocenters. The monoisotopic (exact) mass is 580 g/mol. The van der Waals surface area contributed by atoms with Gasteiger partial charge in [0, 0.05) is 14.1 Å². The number of rotatable bonds is 6. The normalized spacial score (nSPS) is 12.6. The Morgan fingerprint density at radius 2 is 1.80 bits per heavy atom. The quantitative estimate of drug-likeness (QED) is 0.413. The van der Waals surface area contributed by atoms with Gasteiger partial charge in [0.2, 0.25) is 5.91 Å². The first-order valence-electron chi connectivity index (χ1n) is 6.94. The maximum atomic E-state index is 13.8. The van der Waals surface area contributed by atoms with Crippen LogP contribution in [0.5, 0.6) is 0 Å². The third-order valence-corrected chi connectivity index (χ3v) is 4.52. The zero-order valence-electron chi connectivity index (χ0n) is 13.4. The summed E-state index contributed by atoms with van der Waals surface area (Å²) in [6.07, 6.45) is -2.22. The lowest BCUT2D eigenvalue weighted by molar-refractivity contribution is -0.337. The number of carboxylic acids is 1. The van der Waals surface area contributed by atoms with E-state index in [1.54, 1.807) is 6.07 Å². The van der Waals surface area contributed by atoms with Crippen molar-refractivity contribution in [3.05, 3.63) is 24.8 Å². The molecule has 1 rings (SSSR count). The fraction of sp³-hybridized carbons (Fsp3) is 0.400. The first-order valence-corrected chi connectivity index (χ1v) is 9.10. The largest absolute Gasteiger partial charge is 0.544 e. The number of alkyl halides is 2. The maximum absolute atomic E-state index is 13.8. The molecule has 0 bridgehead atoms. The van der Waals surface area contributed by atoms with Crippen LogP contribution in [0.3, 0.4) is 0 Å². The van der Waals surface area contributed by atoms with Gasteiger partial charge in [-0.05, 0) is 63.2 Å².